The fourth-order valence-electron chi connectivity index (χ4n) is 2.29. The first-order valence-corrected chi connectivity index (χ1v) is 6.45. The summed E-state index contributed by atoms with van der Waals surface area (Å²) in [7, 11) is 0. The standard InChI is InChI=1S/C13H20N2O3/c1-9(10(2)13(17)18)12(16)15-7-5-14(6-8-15)11-3-4-11/h11H,3-8H2,1-2H3,(H,17,18). The van der Waals surface area contributed by atoms with Crippen molar-refractivity contribution in [1.29, 1.82) is 0 Å². The summed E-state index contributed by atoms with van der Waals surface area (Å²) >= 11 is 0. The molecule has 18 heavy (non-hydrogen) atoms. The van der Waals surface area contributed by atoms with Crippen LogP contribution >= 0.6 is 0 Å². The molecule has 1 aliphatic carbocycles. The van der Waals surface area contributed by atoms with Gasteiger partial charge in [-0.25, -0.2) is 4.79 Å². The van der Waals surface area contributed by atoms with Crippen LogP contribution in [0.25, 0.3) is 0 Å². The van der Waals surface area contributed by atoms with Crippen molar-refractivity contribution in [2.45, 2.75) is 32.7 Å². The molecule has 1 saturated heterocycles. The SMILES string of the molecule is CC(C(=O)O)=C(C)C(=O)N1CCN(C2CC2)CC1. The minimum absolute atomic E-state index is 0.134. The summed E-state index contributed by atoms with van der Waals surface area (Å²) in [6.07, 6.45) is 2.57. The maximum absolute atomic E-state index is 12.1. The minimum atomic E-state index is -1.02. The normalized spacial score (nSPS) is 22.7. The molecular formula is C13H20N2O3. The second kappa shape index (κ2) is 5.10. The number of carbonyl (C=O) groups excluding carboxylic acids is 1. The first-order valence-electron chi connectivity index (χ1n) is 6.45. The molecule has 5 nitrogen and oxygen atoms in total. The molecule has 2 rings (SSSR count). The molecule has 0 atom stereocenters. The Hall–Kier alpha value is -1.36. The Kier molecular flexibility index (Phi) is 3.71. The molecule has 1 heterocycles. The van der Waals surface area contributed by atoms with E-state index < -0.39 is 5.97 Å². The fraction of sp³-hybridized carbons (Fsp3) is 0.692. The molecule has 0 bridgehead atoms. The molecule has 0 radical (unpaired) electrons. The largest absolute Gasteiger partial charge is 0.478 e. The third-order valence-corrected chi connectivity index (χ3v) is 3.87. The number of aliphatic carboxylic acids is 1. The van der Waals surface area contributed by atoms with Crippen LogP contribution in [0.3, 0.4) is 0 Å². The molecular weight excluding hydrogens is 232 g/mol. The van der Waals surface area contributed by atoms with E-state index in [-0.39, 0.29) is 11.5 Å². The van der Waals surface area contributed by atoms with Crippen LogP contribution < -0.4 is 0 Å². The smallest absolute Gasteiger partial charge is 0.331 e. The van der Waals surface area contributed by atoms with E-state index in [1.807, 2.05) is 0 Å². The Labute approximate surface area is 107 Å². The van der Waals surface area contributed by atoms with Crippen molar-refractivity contribution < 1.29 is 14.7 Å². The Bertz CT molecular complexity index is 391. The van der Waals surface area contributed by atoms with E-state index in [4.69, 9.17) is 5.11 Å². The second-order valence-electron chi connectivity index (χ2n) is 5.11. The van der Waals surface area contributed by atoms with Crippen LogP contribution in [0.15, 0.2) is 11.1 Å². The predicted octanol–water partition coefficient (Wildman–Crippen LogP) is 0.714. The second-order valence-corrected chi connectivity index (χ2v) is 5.11. The summed E-state index contributed by atoms with van der Waals surface area (Å²) in [5.74, 6) is -1.15. The van der Waals surface area contributed by atoms with Crippen LogP contribution in [-0.4, -0.2) is 59.0 Å². The number of carboxylic acids is 1. The molecule has 1 saturated carbocycles. The highest BCUT2D eigenvalue weighted by atomic mass is 16.4. The van der Waals surface area contributed by atoms with Gasteiger partial charge in [0.2, 0.25) is 5.91 Å². The average Bonchev–Trinajstić information content (AvgIpc) is 3.20. The quantitative estimate of drug-likeness (QED) is 0.752. The zero-order valence-corrected chi connectivity index (χ0v) is 11.0. The topological polar surface area (TPSA) is 60.9 Å². The molecule has 100 valence electrons. The zero-order valence-electron chi connectivity index (χ0n) is 11.0. The number of amides is 1. The molecule has 0 aromatic heterocycles. The van der Waals surface area contributed by atoms with E-state index >= 15 is 0 Å². The summed E-state index contributed by atoms with van der Waals surface area (Å²) in [6.45, 7) is 6.32. The number of piperazine rings is 1. The van der Waals surface area contributed by atoms with Crippen LogP contribution in [0.2, 0.25) is 0 Å². The number of hydrogen-bond acceptors (Lipinski definition) is 3. The highest BCUT2D eigenvalue weighted by Crippen LogP contribution is 2.27. The maximum atomic E-state index is 12.1. The predicted molar refractivity (Wildman–Crippen MR) is 67.2 cm³/mol. The monoisotopic (exact) mass is 252 g/mol. The van der Waals surface area contributed by atoms with Crippen molar-refractivity contribution in [1.82, 2.24) is 9.80 Å². The van der Waals surface area contributed by atoms with E-state index in [1.165, 1.54) is 19.8 Å². The average molecular weight is 252 g/mol. The zero-order chi connectivity index (χ0) is 13.3. The molecule has 1 aliphatic heterocycles. The van der Waals surface area contributed by atoms with Crippen molar-refractivity contribution in [2.75, 3.05) is 26.2 Å². The number of hydrogen-bond donors (Lipinski definition) is 1. The molecule has 0 spiro atoms. The van der Waals surface area contributed by atoms with Gasteiger partial charge in [0.05, 0.1) is 0 Å². The van der Waals surface area contributed by atoms with E-state index in [2.05, 4.69) is 4.90 Å². The van der Waals surface area contributed by atoms with Crippen molar-refractivity contribution in [3.8, 4) is 0 Å². The van der Waals surface area contributed by atoms with E-state index in [1.54, 1.807) is 11.8 Å². The van der Waals surface area contributed by atoms with Gasteiger partial charge in [-0.2, -0.15) is 0 Å². The Balaban J connectivity index is 1.94. The number of rotatable bonds is 3. The lowest BCUT2D eigenvalue weighted by Gasteiger charge is -2.35. The van der Waals surface area contributed by atoms with E-state index in [0.717, 1.165) is 19.1 Å². The van der Waals surface area contributed by atoms with Gasteiger partial charge in [-0.1, -0.05) is 0 Å². The minimum Gasteiger partial charge on any atom is -0.478 e. The number of carbonyl (C=O) groups is 2. The summed E-state index contributed by atoms with van der Waals surface area (Å²) in [6, 6.07) is 0.736. The third kappa shape index (κ3) is 2.72. The molecule has 2 fully saturated rings. The first-order chi connectivity index (χ1) is 8.50. The van der Waals surface area contributed by atoms with E-state index in [0.29, 0.717) is 18.7 Å². The van der Waals surface area contributed by atoms with Gasteiger partial charge in [0, 0.05) is 43.4 Å². The fourth-order valence-corrected chi connectivity index (χ4v) is 2.29. The van der Waals surface area contributed by atoms with Crippen molar-refractivity contribution in [3.05, 3.63) is 11.1 Å². The molecule has 0 aromatic carbocycles. The summed E-state index contributed by atoms with van der Waals surface area (Å²) in [5, 5.41) is 8.89. The van der Waals surface area contributed by atoms with Gasteiger partial charge in [0.25, 0.3) is 0 Å². The maximum Gasteiger partial charge on any atom is 0.331 e. The molecule has 0 unspecified atom stereocenters. The van der Waals surface area contributed by atoms with Gasteiger partial charge in [-0.05, 0) is 26.7 Å². The number of nitrogens with zero attached hydrogens (tertiary/aromatic N) is 2. The lowest BCUT2D eigenvalue weighted by molar-refractivity contribution is -0.134. The van der Waals surface area contributed by atoms with Crippen molar-refractivity contribution in [3.63, 3.8) is 0 Å². The van der Waals surface area contributed by atoms with Gasteiger partial charge in [0.1, 0.15) is 0 Å². The van der Waals surface area contributed by atoms with Crippen LogP contribution in [0, 0.1) is 0 Å². The Morgan fingerprint density at radius 3 is 2.00 bits per heavy atom. The highest BCUT2D eigenvalue weighted by molar-refractivity contribution is 6.01. The lowest BCUT2D eigenvalue weighted by atomic mass is 10.1. The van der Waals surface area contributed by atoms with Gasteiger partial charge in [-0.15, -0.1) is 0 Å². The van der Waals surface area contributed by atoms with Gasteiger partial charge in [0.15, 0.2) is 0 Å². The van der Waals surface area contributed by atoms with Crippen LogP contribution in [0.5, 0.6) is 0 Å². The van der Waals surface area contributed by atoms with Crippen LogP contribution in [0.4, 0.5) is 0 Å². The van der Waals surface area contributed by atoms with Gasteiger partial charge >= 0.3 is 5.97 Å². The molecule has 0 aromatic rings. The van der Waals surface area contributed by atoms with Crippen LogP contribution in [0.1, 0.15) is 26.7 Å². The van der Waals surface area contributed by atoms with Gasteiger partial charge < -0.3 is 10.0 Å². The summed E-state index contributed by atoms with van der Waals surface area (Å²) < 4.78 is 0. The van der Waals surface area contributed by atoms with E-state index in [9.17, 15) is 9.59 Å². The summed E-state index contributed by atoms with van der Waals surface area (Å²) in [5.41, 5.74) is 0.493. The molecule has 1 N–H and O–H groups in total. The van der Waals surface area contributed by atoms with Crippen molar-refractivity contribution in [2.24, 2.45) is 0 Å². The molecule has 1 amide bonds. The van der Waals surface area contributed by atoms with Gasteiger partial charge in [-0.3, -0.25) is 9.69 Å². The first kappa shape index (κ1) is 13.1. The number of carboxylic acid groups (broad SMARTS) is 1. The third-order valence-electron chi connectivity index (χ3n) is 3.87. The summed E-state index contributed by atoms with van der Waals surface area (Å²) in [4.78, 5) is 27.2. The molecule has 2 aliphatic rings. The van der Waals surface area contributed by atoms with Crippen LogP contribution in [-0.2, 0) is 9.59 Å². The van der Waals surface area contributed by atoms with Crippen molar-refractivity contribution >= 4 is 11.9 Å². The Morgan fingerprint density at radius 1 is 1.00 bits per heavy atom. The Morgan fingerprint density at radius 2 is 1.56 bits per heavy atom. The molecule has 5 heteroatoms. The lowest BCUT2D eigenvalue weighted by Crippen LogP contribution is -2.49. The highest BCUT2D eigenvalue weighted by Gasteiger charge is 2.32.